The Morgan fingerprint density at radius 2 is 2.42 bits per heavy atom. The lowest BCUT2D eigenvalue weighted by Gasteiger charge is -2.09. The van der Waals surface area contributed by atoms with Crippen LogP contribution in [0, 0.1) is 5.92 Å². The number of benzene rings is 1. The molecule has 1 amide bonds. The van der Waals surface area contributed by atoms with Gasteiger partial charge in [0.25, 0.3) is 0 Å². The van der Waals surface area contributed by atoms with Gasteiger partial charge in [0.05, 0.1) is 17.4 Å². The molecule has 1 saturated heterocycles. The molecular formula is C14H18N4O. The number of H-pyrrole nitrogens is 1. The van der Waals surface area contributed by atoms with Gasteiger partial charge in [0, 0.05) is 11.8 Å². The number of hydrogen-bond donors (Lipinski definition) is 3. The van der Waals surface area contributed by atoms with Crippen molar-refractivity contribution in [2.75, 3.05) is 18.4 Å². The van der Waals surface area contributed by atoms with Gasteiger partial charge in [-0.2, -0.15) is 5.10 Å². The number of nitrogens with zero attached hydrogens (tertiary/aromatic N) is 1. The molecule has 0 spiro atoms. The van der Waals surface area contributed by atoms with Crippen LogP contribution in [0.2, 0.25) is 0 Å². The Balaban J connectivity index is 1.60. The van der Waals surface area contributed by atoms with Crippen LogP contribution in [0.4, 0.5) is 5.69 Å². The number of anilines is 1. The van der Waals surface area contributed by atoms with Crippen molar-refractivity contribution in [3.8, 4) is 0 Å². The smallest absolute Gasteiger partial charge is 0.224 e. The van der Waals surface area contributed by atoms with Crippen LogP contribution in [-0.2, 0) is 4.79 Å². The zero-order chi connectivity index (χ0) is 13.1. The maximum absolute atomic E-state index is 12.0. The summed E-state index contributed by atoms with van der Waals surface area (Å²) in [5, 5.41) is 14.1. The molecule has 1 aliphatic heterocycles. The molecule has 0 saturated carbocycles. The number of fused-ring (bicyclic) bond motifs is 1. The van der Waals surface area contributed by atoms with Gasteiger partial charge in [-0.15, -0.1) is 0 Å². The number of aromatic amines is 1. The highest BCUT2D eigenvalue weighted by atomic mass is 16.1. The zero-order valence-electron chi connectivity index (χ0n) is 10.8. The molecule has 1 fully saturated rings. The van der Waals surface area contributed by atoms with E-state index in [1.807, 2.05) is 18.2 Å². The molecule has 1 aliphatic rings. The molecule has 0 bridgehead atoms. The molecule has 2 heterocycles. The zero-order valence-corrected chi connectivity index (χ0v) is 10.8. The lowest BCUT2D eigenvalue weighted by Crippen LogP contribution is -2.15. The van der Waals surface area contributed by atoms with Crippen LogP contribution >= 0.6 is 0 Å². The molecule has 3 rings (SSSR count). The third-order valence-electron chi connectivity index (χ3n) is 3.70. The van der Waals surface area contributed by atoms with E-state index < -0.39 is 0 Å². The van der Waals surface area contributed by atoms with Crippen LogP contribution in [0.3, 0.4) is 0 Å². The number of carbonyl (C=O) groups excluding carboxylic acids is 1. The Hall–Kier alpha value is -1.88. The fraction of sp³-hybridized carbons (Fsp3) is 0.429. The van der Waals surface area contributed by atoms with Gasteiger partial charge >= 0.3 is 0 Å². The first kappa shape index (κ1) is 12.2. The van der Waals surface area contributed by atoms with Crippen molar-refractivity contribution in [2.45, 2.75) is 19.3 Å². The van der Waals surface area contributed by atoms with Crippen molar-refractivity contribution in [3.63, 3.8) is 0 Å². The van der Waals surface area contributed by atoms with Crippen molar-refractivity contribution in [1.29, 1.82) is 0 Å². The first-order valence-electron chi connectivity index (χ1n) is 6.75. The van der Waals surface area contributed by atoms with E-state index in [0.29, 0.717) is 12.3 Å². The van der Waals surface area contributed by atoms with Crippen LogP contribution in [0.1, 0.15) is 19.3 Å². The average Bonchev–Trinajstić information content (AvgIpc) is 3.08. The number of rotatable bonds is 4. The summed E-state index contributed by atoms with van der Waals surface area (Å²) in [6, 6.07) is 5.77. The number of hydrogen-bond acceptors (Lipinski definition) is 3. The van der Waals surface area contributed by atoms with Crippen molar-refractivity contribution in [3.05, 3.63) is 24.4 Å². The highest BCUT2D eigenvalue weighted by molar-refractivity contribution is 6.00. The Bertz CT molecular complexity index is 572. The predicted octanol–water partition coefficient (Wildman–Crippen LogP) is 1.89. The molecule has 2 aromatic rings. The Morgan fingerprint density at radius 1 is 1.47 bits per heavy atom. The van der Waals surface area contributed by atoms with Crippen LogP contribution in [0.15, 0.2) is 24.4 Å². The van der Waals surface area contributed by atoms with Gasteiger partial charge in [0.15, 0.2) is 0 Å². The van der Waals surface area contributed by atoms with Crippen molar-refractivity contribution >= 4 is 22.5 Å². The number of nitrogens with one attached hydrogen (secondary N) is 3. The topological polar surface area (TPSA) is 69.8 Å². The SMILES string of the molecule is O=C(CCC1CCNC1)Nc1cccc2[nH]ncc12. The Morgan fingerprint density at radius 3 is 3.26 bits per heavy atom. The van der Waals surface area contributed by atoms with Gasteiger partial charge < -0.3 is 10.6 Å². The molecule has 1 aromatic heterocycles. The Labute approximate surface area is 111 Å². The second-order valence-electron chi connectivity index (χ2n) is 5.08. The largest absolute Gasteiger partial charge is 0.325 e. The van der Waals surface area contributed by atoms with Crippen molar-refractivity contribution in [1.82, 2.24) is 15.5 Å². The van der Waals surface area contributed by atoms with Gasteiger partial charge in [0.1, 0.15) is 0 Å². The fourth-order valence-electron chi connectivity index (χ4n) is 2.59. The minimum atomic E-state index is 0.0839. The Kier molecular flexibility index (Phi) is 3.46. The molecule has 1 aromatic carbocycles. The summed E-state index contributed by atoms with van der Waals surface area (Å²) in [7, 11) is 0. The standard InChI is InChI=1S/C14H18N4O/c19-14(5-4-10-6-7-15-8-10)17-12-2-1-3-13-11(12)9-16-18-13/h1-3,9-10,15H,4-8H2,(H,16,18)(H,17,19). The molecule has 5 nitrogen and oxygen atoms in total. The molecule has 0 aliphatic carbocycles. The summed E-state index contributed by atoms with van der Waals surface area (Å²) >= 11 is 0. The van der Waals surface area contributed by atoms with Crippen LogP contribution in [0.5, 0.6) is 0 Å². The van der Waals surface area contributed by atoms with Crippen LogP contribution in [0.25, 0.3) is 10.9 Å². The third-order valence-corrected chi connectivity index (χ3v) is 3.70. The molecule has 1 atom stereocenters. The van der Waals surface area contributed by atoms with E-state index in [4.69, 9.17) is 0 Å². The normalized spacial score (nSPS) is 18.8. The highest BCUT2D eigenvalue weighted by Crippen LogP contribution is 2.22. The van der Waals surface area contributed by atoms with E-state index in [9.17, 15) is 4.79 Å². The first-order valence-corrected chi connectivity index (χ1v) is 6.75. The van der Waals surface area contributed by atoms with Crippen LogP contribution in [-0.4, -0.2) is 29.2 Å². The first-order chi connectivity index (χ1) is 9.33. The van der Waals surface area contributed by atoms with E-state index >= 15 is 0 Å². The van der Waals surface area contributed by atoms with Gasteiger partial charge in [-0.3, -0.25) is 9.89 Å². The van der Waals surface area contributed by atoms with Crippen LogP contribution < -0.4 is 10.6 Å². The highest BCUT2D eigenvalue weighted by Gasteiger charge is 2.16. The minimum Gasteiger partial charge on any atom is -0.325 e. The van der Waals surface area contributed by atoms with E-state index in [1.54, 1.807) is 6.20 Å². The molecule has 100 valence electrons. The number of aromatic nitrogens is 2. The van der Waals surface area contributed by atoms with Gasteiger partial charge in [-0.1, -0.05) is 6.07 Å². The van der Waals surface area contributed by atoms with Gasteiger partial charge in [-0.05, 0) is 44.0 Å². The summed E-state index contributed by atoms with van der Waals surface area (Å²) in [4.78, 5) is 12.0. The summed E-state index contributed by atoms with van der Waals surface area (Å²) in [5.74, 6) is 0.732. The summed E-state index contributed by atoms with van der Waals surface area (Å²) in [6.45, 7) is 2.13. The molecule has 5 heteroatoms. The number of amides is 1. The van der Waals surface area contributed by atoms with E-state index in [1.165, 1.54) is 6.42 Å². The molecule has 19 heavy (non-hydrogen) atoms. The van der Waals surface area contributed by atoms with E-state index in [0.717, 1.165) is 36.1 Å². The molecular weight excluding hydrogens is 240 g/mol. The van der Waals surface area contributed by atoms with E-state index in [2.05, 4.69) is 20.8 Å². The molecule has 1 unspecified atom stereocenters. The van der Waals surface area contributed by atoms with Crippen molar-refractivity contribution < 1.29 is 4.79 Å². The number of carbonyl (C=O) groups is 1. The van der Waals surface area contributed by atoms with E-state index in [-0.39, 0.29) is 5.91 Å². The summed E-state index contributed by atoms with van der Waals surface area (Å²) in [5.41, 5.74) is 1.78. The quantitative estimate of drug-likeness (QED) is 0.784. The summed E-state index contributed by atoms with van der Waals surface area (Å²) in [6.07, 6.45) is 4.47. The lowest BCUT2D eigenvalue weighted by molar-refractivity contribution is -0.116. The maximum atomic E-state index is 12.0. The fourth-order valence-corrected chi connectivity index (χ4v) is 2.59. The molecule has 0 radical (unpaired) electrons. The van der Waals surface area contributed by atoms with Gasteiger partial charge in [0.2, 0.25) is 5.91 Å². The maximum Gasteiger partial charge on any atom is 0.224 e. The van der Waals surface area contributed by atoms with Crippen molar-refractivity contribution in [2.24, 2.45) is 5.92 Å². The average molecular weight is 258 g/mol. The summed E-state index contributed by atoms with van der Waals surface area (Å²) < 4.78 is 0. The minimum absolute atomic E-state index is 0.0839. The molecule has 3 N–H and O–H groups in total. The predicted molar refractivity (Wildman–Crippen MR) is 74.9 cm³/mol. The monoisotopic (exact) mass is 258 g/mol. The lowest BCUT2D eigenvalue weighted by atomic mass is 10.0. The second kappa shape index (κ2) is 5.40. The van der Waals surface area contributed by atoms with Gasteiger partial charge in [-0.25, -0.2) is 0 Å². The second-order valence-corrected chi connectivity index (χ2v) is 5.08. The third kappa shape index (κ3) is 2.76.